The Morgan fingerprint density at radius 3 is 2.56 bits per heavy atom. The third-order valence-electron chi connectivity index (χ3n) is 3.43. The fourth-order valence-corrected chi connectivity index (χ4v) is 2.21. The molecule has 0 unspecified atom stereocenters. The molecule has 0 atom stereocenters. The van der Waals surface area contributed by atoms with Gasteiger partial charge in [-0.05, 0) is 30.5 Å². The molecule has 4 nitrogen and oxygen atoms in total. The molecule has 18 heavy (non-hydrogen) atoms. The monoisotopic (exact) mass is 248 g/mol. The van der Waals surface area contributed by atoms with Crippen molar-refractivity contribution in [3.05, 3.63) is 29.8 Å². The largest absolute Gasteiger partial charge is 0.497 e. The summed E-state index contributed by atoms with van der Waals surface area (Å²) < 4.78 is 5.13. The van der Waals surface area contributed by atoms with Crippen molar-refractivity contribution in [2.75, 3.05) is 20.2 Å². The standard InChI is InChI=1S/C14H20N2O2/c1-18-14-4-2-12(3-5-14)10-15-13-6-8-16(11-17)9-7-13/h2-5,11,13,15H,6-10H2,1H3. The van der Waals surface area contributed by atoms with E-state index in [4.69, 9.17) is 4.74 Å². The number of likely N-dealkylation sites (tertiary alicyclic amines) is 1. The number of amides is 1. The van der Waals surface area contributed by atoms with Crippen molar-refractivity contribution < 1.29 is 9.53 Å². The molecule has 2 rings (SSSR count). The molecule has 4 heteroatoms. The lowest BCUT2D eigenvalue weighted by molar-refractivity contribution is -0.119. The molecule has 0 saturated carbocycles. The predicted molar refractivity (Wildman–Crippen MR) is 70.5 cm³/mol. The zero-order chi connectivity index (χ0) is 12.8. The van der Waals surface area contributed by atoms with Gasteiger partial charge in [-0.1, -0.05) is 12.1 Å². The van der Waals surface area contributed by atoms with E-state index in [1.807, 2.05) is 17.0 Å². The van der Waals surface area contributed by atoms with Gasteiger partial charge in [-0.25, -0.2) is 0 Å². The minimum Gasteiger partial charge on any atom is -0.497 e. The van der Waals surface area contributed by atoms with Crippen LogP contribution in [0.2, 0.25) is 0 Å². The van der Waals surface area contributed by atoms with Crippen molar-refractivity contribution in [3.63, 3.8) is 0 Å². The van der Waals surface area contributed by atoms with Crippen LogP contribution in [0.15, 0.2) is 24.3 Å². The van der Waals surface area contributed by atoms with Crippen LogP contribution in [0.4, 0.5) is 0 Å². The highest BCUT2D eigenvalue weighted by Gasteiger charge is 2.16. The minimum atomic E-state index is 0.517. The van der Waals surface area contributed by atoms with E-state index < -0.39 is 0 Å². The molecule has 0 radical (unpaired) electrons. The Morgan fingerprint density at radius 2 is 2.00 bits per heavy atom. The van der Waals surface area contributed by atoms with Crippen LogP contribution in [0.1, 0.15) is 18.4 Å². The maximum Gasteiger partial charge on any atom is 0.209 e. The summed E-state index contributed by atoms with van der Waals surface area (Å²) in [4.78, 5) is 12.4. The van der Waals surface area contributed by atoms with Gasteiger partial charge in [0.15, 0.2) is 0 Å². The Kier molecular flexibility index (Phi) is 4.59. The third kappa shape index (κ3) is 3.47. The Morgan fingerprint density at radius 1 is 1.33 bits per heavy atom. The van der Waals surface area contributed by atoms with Crippen LogP contribution >= 0.6 is 0 Å². The molecular formula is C14H20N2O2. The molecule has 0 bridgehead atoms. The summed E-state index contributed by atoms with van der Waals surface area (Å²) in [6.45, 7) is 2.60. The fourth-order valence-electron chi connectivity index (χ4n) is 2.21. The fraction of sp³-hybridized carbons (Fsp3) is 0.500. The summed E-state index contributed by atoms with van der Waals surface area (Å²) in [6, 6.07) is 8.62. The molecule has 1 heterocycles. The number of nitrogens with one attached hydrogen (secondary N) is 1. The normalized spacial score (nSPS) is 16.6. The SMILES string of the molecule is COc1ccc(CNC2CCN(C=O)CC2)cc1. The van der Waals surface area contributed by atoms with Crippen LogP contribution in [0, 0.1) is 0 Å². The van der Waals surface area contributed by atoms with Gasteiger partial charge in [0, 0.05) is 25.7 Å². The number of ether oxygens (including phenoxy) is 1. The van der Waals surface area contributed by atoms with Gasteiger partial charge in [-0.2, -0.15) is 0 Å². The number of benzene rings is 1. The Hall–Kier alpha value is -1.55. The van der Waals surface area contributed by atoms with Crippen molar-refractivity contribution >= 4 is 6.41 Å². The maximum absolute atomic E-state index is 10.6. The molecule has 1 aliphatic heterocycles. The smallest absolute Gasteiger partial charge is 0.209 e. The summed E-state index contributed by atoms with van der Waals surface area (Å²) in [6.07, 6.45) is 3.02. The van der Waals surface area contributed by atoms with Gasteiger partial charge < -0.3 is 15.0 Å². The minimum absolute atomic E-state index is 0.517. The number of piperidine rings is 1. The van der Waals surface area contributed by atoms with Crippen LogP contribution in [0.5, 0.6) is 5.75 Å². The highest BCUT2D eigenvalue weighted by molar-refractivity contribution is 5.47. The quantitative estimate of drug-likeness (QED) is 0.801. The molecule has 1 aromatic rings. The summed E-state index contributed by atoms with van der Waals surface area (Å²) in [7, 11) is 1.67. The highest BCUT2D eigenvalue weighted by Crippen LogP contribution is 2.13. The van der Waals surface area contributed by atoms with Gasteiger partial charge in [-0.3, -0.25) is 4.79 Å². The maximum atomic E-state index is 10.6. The summed E-state index contributed by atoms with van der Waals surface area (Å²) >= 11 is 0. The summed E-state index contributed by atoms with van der Waals surface area (Å²) in [5.74, 6) is 0.887. The average molecular weight is 248 g/mol. The molecule has 1 aromatic carbocycles. The van der Waals surface area contributed by atoms with E-state index in [1.54, 1.807) is 7.11 Å². The van der Waals surface area contributed by atoms with Crippen molar-refractivity contribution in [3.8, 4) is 5.75 Å². The number of hydrogen-bond donors (Lipinski definition) is 1. The zero-order valence-corrected chi connectivity index (χ0v) is 10.8. The van der Waals surface area contributed by atoms with Gasteiger partial charge in [0.2, 0.25) is 6.41 Å². The molecule has 1 amide bonds. The first-order valence-electron chi connectivity index (χ1n) is 6.37. The average Bonchev–Trinajstić information content (AvgIpc) is 2.46. The van der Waals surface area contributed by atoms with Crippen molar-refractivity contribution in [2.24, 2.45) is 0 Å². The number of carbonyl (C=O) groups excluding carboxylic acids is 1. The molecule has 1 N–H and O–H groups in total. The van der Waals surface area contributed by atoms with Crippen LogP contribution < -0.4 is 10.1 Å². The van der Waals surface area contributed by atoms with E-state index >= 15 is 0 Å². The lowest BCUT2D eigenvalue weighted by atomic mass is 10.1. The van der Waals surface area contributed by atoms with E-state index in [0.717, 1.165) is 44.6 Å². The van der Waals surface area contributed by atoms with Gasteiger partial charge in [0.1, 0.15) is 5.75 Å². The van der Waals surface area contributed by atoms with Crippen molar-refractivity contribution in [1.82, 2.24) is 10.2 Å². The molecule has 98 valence electrons. The zero-order valence-electron chi connectivity index (χ0n) is 10.8. The van der Waals surface area contributed by atoms with Crippen molar-refractivity contribution in [2.45, 2.75) is 25.4 Å². The van der Waals surface area contributed by atoms with Gasteiger partial charge in [-0.15, -0.1) is 0 Å². The van der Waals surface area contributed by atoms with E-state index in [9.17, 15) is 4.79 Å². The van der Waals surface area contributed by atoms with E-state index in [2.05, 4.69) is 17.4 Å². The predicted octanol–water partition coefficient (Wildman–Crippen LogP) is 1.41. The van der Waals surface area contributed by atoms with Gasteiger partial charge >= 0.3 is 0 Å². The molecular weight excluding hydrogens is 228 g/mol. The highest BCUT2D eigenvalue weighted by atomic mass is 16.5. The number of rotatable bonds is 5. The molecule has 1 saturated heterocycles. The Balaban J connectivity index is 1.76. The van der Waals surface area contributed by atoms with Crippen LogP contribution in [-0.4, -0.2) is 37.6 Å². The summed E-state index contributed by atoms with van der Waals surface area (Å²) in [5.41, 5.74) is 1.26. The van der Waals surface area contributed by atoms with Gasteiger partial charge in [0.05, 0.1) is 7.11 Å². The number of carbonyl (C=O) groups is 1. The first-order valence-corrected chi connectivity index (χ1v) is 6.37. The van der Waals surface area contributed by atoms with Gasteiger partial charge in [0.25, 0.3) is 0 Å². The first kappa shape index (κ1) is 12.9. The Labute approximate surface area is 108 Å². The molecule has 1 fully saturated rings. The van der Waals surface area contributed by atoms with Crippen LogP contribution in [0.3, 0.4) is 0 Å². The second kappa shape index (κ2) is 6.40. The van der Waals surface area contributed by atoms with E-state index in [-0.39, 0.29) is 0 Å². The Bertz CT molecular complexity index is 370. The molecule has 0 spiro atoms. The van der Waals surface area contributed by atoms with Crippen molar-refractivity contribution in [1.29, 1.82) is 0 Å². The third-order valence-corrected chi connectivity index (χ3v) is 3.43. The second-order valence-electron chi connectivity index (χ2n) is 4.64. The first-order chi connectivity index (χ1) is 8.81. The number of methoxy groups -OCH3 is 1. The lowest BCUT2D eigenvalue weighted by Crippen LogP contribution is -2.41. The summed E-state index contributed by atoms with van der Waals surface area (Å²) in [5, 5.41) is 3.54. The lowest BCUT2D eigenvalue weighted by Gasteiger charge is -2.29. The molecule has 0 aromatic heterocycles. The number of hydrogen-bond acceptors (Lipinski definition) is 3. The van der Waals surface area contributed by atoms with Crippen LogP contribution in [0.25, 0.3) is 0 Å². The molecule has 0 aliphatic carbocycles. The second-order valence-corrected chi connectivity index (χ2v) is 4.64. The number of nitrogens with zero attached hydrogens (tertiary/aromatic N) is 1. The molecule has 1 aliphatic rings. The topological polar surface area (TPSA) is 41.6 Å². The van der Waals surface area contributed by atoms with E-state index in [0.29, 0.717) is 6.04 Å². The van der Waals surface area contributed by atoms with Crippen LogP contribution in [-0.2, 0) is 11.3 Å². The van der Waals surface area contributed by atoms with E-state index in [1.165, 1.54) is 5.56 Å².